The van der Waals surface area contributed by atoms with E-state index in [1.807, 2.05) is 25.1 Å². The van der Waals surface area contributed by atoms with Crippen molar-refractivity contribution >= 4 is 22.6 Å². The highest BCUT2D eigenvalue weighted by atomic mass is 32.1. The van der Waals surface area contributed by atoms with Crippen LogP contribution in [0.4, 0.5) is 5.13 Å². The number of hydrogen-bond acceptors (Lipinski definition) is 7. The summed E-state index contributed by atoms with van der Waals surface area (Å²) in [5, 5.41) is 3.16. The maximum atomic E-state index is 12.5. The third-order valence-corrected chi connectivity index (χ3v) is 4.51. The van der Waals surface area contributed by atoms with Gasteiger partial charge in [0, 0.05) is 17.1 Å². The van der Waals surface area contributed by atoms with E-state index in [9.17, 15) is 4.79 Å². The second-order valence-electron chi connectivity index (χ2n) is 5.79. The van der Waals surface area contributed by atoms with E-state index in [0.29, 0.717) is 40.4 Å². The zero-order valence-corrected chi connectivity index (χ0v) is 16.7. The number of carbonyl (C=O) groups is 1. The minimum Gasteiger partial charge on any atom is -0.496 e. The predicted octanol–water partition coefficient (Wildman–Crippen LogP) is 4.26. The highest BCUT2D eigenvalue weighted by Gasteiger charge is 2.15. The van der Waals surface area contributed by atoms with Gasteiger partial charge in [0.15, 0.2) is 17.3 Å². The Morgan fingerprint density at radius 1 is 1.07 bits per heavy atom. The molecule has 3 rings (SSSR count). The maximum Gasteiger partial charge on any atom is 0.261 e. The van der Waals surface area contributed by atoms with Gasteiger partial charge in [-0.15, -0.1) is 0 Å². The van der Waals surface area contributed by atoms with Crippen LogP contribution in [0.5, 0.6) is 17.2 Å². The van der Waals surface area contributed by atoms with Crippen molar-refractivity contribution in [1.82, 2.24) is 9.36 Å². The Kier molecular flexibility index (Phi) is 6.44. The number of nitrogens with one attached hydrogen (secondary N) is 1. The van der Waals surface area contributed by atoms with Crippen molar-refractivity contribution in [3.05, 3.63) is 48.0 Å². The van der Waals surface area contributed by atoms with Gasteiger partial charge >= 0.3 is 0 Å². The van der Waals surface area contributed by atoms with Gasteiger partial charge in [-0.25, -0.2) is 0 Å². The number of para-hydroxylation sites is 1. The number of anilines is 1. The molecule has 1 heterocycles. The molecule has 1 amide bonds. The van der Waals surface area contributed by atoms with Gasteiger partial charge in [-0.05, 0) is 36.8 Å². The van der Waals surface area contributed by atoms with Crippen molar-refractivity contribution in [3.8, 4) is 28.6 Å². The summed E-state index contributed by atoms with van der Waals surface area (Å²) in [5.74, 6) is 1.98. The SMILES string of the molecule is CCCOc1ccc(-c2nsc(NC(=O)c3ccccc3OC)n2)cc1OC. The molecule has 1 aromatic heterocycles. The average Bonchev–Trinajstić information content (AvgIpc) is 3.20. The van der Waals surface area contributed by atoms with Crippen molar-refractivity contribution in [2.24, 2.45) is 0 Å². The molecule has 3 aromatic rings. The summed E-state index contributed by atoms with van der Waals surface area (Å²) in [5.41, 5.74) is 1.20. The van der Waals surface area contributed by atoms with E-state index in [4.69, 9.17) is 14.2 Å². The molecule has 7 nitrogen and oxygen atoms in total. The molecule has 0 aliphatic heterocycles. The van der Waals surface area contributed by atoms with Gasteiger partial charge in [0.1, 0.15) is 5.75 Å². The molecule has 0 saturated heterocycles. The van der Waals surface area contributed by atoms with E-state index in [1.54, 1.807) is 31.4 Å². The van der Waals surface area contributed by atoms with Crippen LogP contribution >= 0.6 is 11.5 Å². The van der Waals surface area contributed by atoms with Crippen LogP contribution in [-0.2, 0) is 0 Å². The van der Waals surface area contributed by atoms with Gasteiger partial charge < -0.3 is 14.2 Å². The summed E-state index contributed by atoms with van der Waals surface area (Å²) in [6.45, 7) is 2.66. The Balaban J connectivity index is 1.77. The summed E-state index contributed by atoms with van der Waals surface area (Å²) in [6.07, 6.45) is 0.911. The lowest BCUT2D eigenvalue weighted by molar-refractivity contribution is 0.102. The van der Waals surface area contributed by atoms with Crippen molar-refractivity contribution in [2.45, 2.75) is 13.3 Å². The van der Waals surface area contributed by atoms with Crippen molar-refractivity contribution < 1.29 is 19.0 Å². The van der Waals surface area contributed by atoms with Gasteiger partial charge in [-0.1, -0.05) is 19.1 Å². The monoisotopic (exact) mass is 399 g/mol. The van der Waals surface area contributed by atoms with Gasteiger partial charge in [-0.3, -0.25) is 10.1 Å². The molecule has 8 heteroatoms. The van der Waals surface area contributed by atoms with Gasteiger partial charge in [0.2, 0.25) is 5.13 Å². The quantitative estimate of drug-likeness (QED) is 0.609. The highest BCUT2D eigenvalue weighted by molar-refractivity contribution is 7.10. The first kappa shape index (κ1) is 19.6. The zero-order valence-electron chi connectivity index (χ0n) is 15.9. The topological polar surface area (TPSA) is 82.6 Å². The van der Waals surface area contributed by atoms with Crippen molar-refractivity contribution in [3.63, 3.8) is 0 Å². The van der Waals surface area contributed by atoms with Crippen molar-refractivity contribution in [1.29, 1.82) is 0 Å². The number of amides is 1. The lowest BCUT2D eigenvalue weighted by Gasteiger charge is -2.10. The van der Waals surface area contributed by atoms with Gasteiger partial charge in [0.05, 0.1) is 26.4 Å². The first-order chi connectivity index (χ1) is 13.7. The standard InChI is InChI=1S/C20H21N3O4S/c1-4-11-27-16-10-9-13(12-17(16)26-3)18-21-20(28-23-18)22-19(24)14-7-5-6-8-15(14)25-2/h5-10,12H,4,11H2,1-3H3,(H,21,22,23,24). The fourth-order valence-electron chi connectivity index (χ4n) is 2.53. The first-order valence-corrected chi connectivity index (χ1v) is 9.53. The van der Waals surface area contributed by atoms with E-state index in [2.05, 4.69) is 14.7 Å². The predicted molar refractivity (Wildman–Crippen MR) is 109 cm³/mol. The molecule has 0 atom stereocenters. The van der Waals surface area contributed by atoms with E-state index in [1.165, 1.54) is 7.11 Å². The molecule has 0 unspecified atom stereocenters. The number of hydrogen-bond donors (Lipinski definition) is 1. The average molecular weight is 399 g/mol. The Hall–Kier alpha value is -3.13. The van der Waals surface area contributed by atoms with Crippen LogP contribution in [0.3, 0.4) is 0 Å². The van der Waals surface area contributed by atoms with Crippen LogP contribution < -0.4 is 19.5 Å². The Morgan fingerprint density at radius 2 is 1.86 bits per heavy atom. The van der Waals surface area contributed by atoms with Gasteiger partial charge in [-0.2, -0.15) is 9.36 Å². The Labute approximate surface area is 167 Å². The fourth-order valence-corrected chi connectivity index (χ4v) is 3.11. The molecular formula is C20H21N3O4S. The molecule has 0 spiro atoms. The number of methoxy groups -OCH3 is 2. The largest absolute Gasteiger partial charge is 0.496 e. The van der Waals surface area contributed by atoms with E-state index in [-0.39, 0.29) is 5.91 Å². The third kappa shape index (κ3) is 4.40. The number of aromatic nitrogens is 2. The molecule has 0 bridgehead atoms. The molecule has 0 radical (unpaired) electrons. The van der Waals surface area contributed by atoms with Crippen LogP contribution in [0.1, 0.15) is 23.7 Å². The van der Waals surface area contributed by atoms with Crippen LogP contribution in [0.25, 0.3) is 11.4 Å². The molecule has 2 aromatic carbocycles. The minimum absolute atomic E-state index is 0.305. The summed E-state index contributed by atoms with van der Waals surface area (Å²) >= 11 is 1.11. The highest BCUT2D eigenvalue weighted by Crippen LogP contribution is 2.32. The van der Waals surface area contributed by atoms with E-state index in [0.717, 1.165) is 23.5 Å². The number of nitrogens with zero attached hydrogens (tertiary/aromatic N) is 2. The van der Waals surface area contributed by atoms with Crippen LogP contribution in [0, 0.1) is 0 Å². The van der Waals surface area contributed by atoms with E-state index >= 15 is 0 Å². The second-order valence-corrected chi connectivity index (χ2v) is 6.54. The number of rotatable bonds is 8. The fraction of sp³-hybridized carbons (Fsp3) is 0.250. The molecule has 0 aliphatic carbocycles. The molecular weight excluding hydrogens is 378 g/mol. The third-order valence-electron chi connectivity index (χ3n) is 3.88. The number of carbonyl (C=O) groups excluding carboxylic acids is 1. The first-order valence-electron chi connectivity index (χ1n) is 8.75. The molecule has 0 fully saturated rings. The molecule has 1 N–H and O–H groups in total. The normalized spacial score (nSPS) is 10.4. The second kappa shape index (κ2) is 9.18. The van der Waals surface area contributed by atoms with Crippen LogP contribution in [0.2, 0.25) is 0 Å². The molecule has 0 saturated carbocycles. The molecule has 0 aliphatic rings. The van der Waals surface area contributed by atoms with E-state index < -0.39 is 0 Å². The minimum atomic E-state index is -0.305. The summed E-state index contributed by atoms with van der Waals surface area (Å²) in [4.78, 5) is 16.9. The maximum absolute atomic E-state index is 12.5. The summed E-state index contributed by atoms with van der Waals surface area (Å²) in [7, 11) is 3.11. The summed E-state index contributed by atoms with van der Waals surface area (Å²) < 4.78 is 20.6. The Morgan fingerprint density at radius 3 is 2.61 bits per heavy atom. The zero-order chi connectivity index (χ0) is 19.9. The molecule has 28 heavy (non-hydrogen) atoms. The van der Waals surface area contributed by atoms with Crippen LogP contribution in [0.15, 0.2) is 42.5 Å². The van der Waals surface area contributed by atoms with Crippen molar-refractivity contribution in [2.75, 3.05) is 26.1 Å². The smallest absolute Gasteiger partial charge is 0.261 e. The lowest BCUT2D eigenvalue weighted by atomic mass is 10.2. The van der Waals surface area contributed by atoms with Gasteiger partial charge in [0.25, 0.3) is 5.91 Å². The summed E-state index contributed by atoms with van der Waals surface area (Å²) in [6, 6.07) is 12.5. The van der Waals surface area contributed by atoms with Crippen LogP contribution in [-0.4, -0.2) is 36.1 Å². The number of benzene rings is 2. The lowest BCUT2D eigenvalue weighted by Crippen LogP contribution is -2.12. The Bertz CT molecular complexity index is 958. The molecule has 146 valence electrons. The number of ether oxygens (including phenoxy) is 3.